The fourth-order valence-corrected chi connectivity index (χ4v) is 7.64. The predicted molar refractivity (Wildman–Crippen MR) is 168 cm³/mol. The zero-order valence-electron chi connectivity index (χ0n) is 24.5. The number of nitrogens with zero attached hydrogens (tertiary/aromatic N) is 5. The standard InChI is InChI=1S/C31H41N6O2P/c1-7-20-40(38,21-8-2)26-14-12-25(13-15-26)33-29-28-30(35-31(34-29)39-19-18-36(5)6)37(22-32-28)17-16-27-23(3)10-9-11-24(27)4/h9-17,22H,7-8,18-21H2,1-6H3,(H,33,34,35)/b17-16+. The fourth-order valence-electron chi connectivity index (χ4n) is 4.77. The van der Waals surface area contributed by atoms with Gasteiger partial charge >= 0.3 is 6.01 Å². The number of fused-ring (bicyclic) bond motifs is 1. The number of nitrogens with one attached hydrogen (secondary N) is 1. The molecule has 0 radical (unpaired) electrons. The summed E-state index contributed by atoms with van der Waals surface area (Å²) in [5.74, 6) is 0.558. The van der Waals surface area contributed by atoms with Gasteiger partial charge in [0.25, 0.3) is 0 Å². The summed E-state index contributed by atoms with van der Waals surface area (Å²) in [5, 5.41) is 4.34. The zero-order chi connectivity index (χ0) is 28.7. The van der Waals surface area contributed by atoms with Crippen LogP contribution in [0.15, 0.2) is 48.8 Å². The third-order valence-electron chi connectivity index (χ3n) is 6.88. The van der Waals surface area contributed by atoms with E-state index in [4.69, 9.17) is 9.72 Å². The number of hydrogen-bond donors (Lipinski definition) is 1. The molecular formula is C31H41N6O2P. The fraction of sp³-hybridized carbons (Fsp3) is 0.387. The average molecular weight is 561 g/mol. The van der Waals surface area contributed by atoms with E-state index in [2.05, 4.69) is 67.3 Å². The molecule has 4 rings (SSSR count). The van der Waals surface area contributed by atoms with Crippen molar-refractivity contribution in [1.29, 1.82) is 0 Å². The Bertz CT molecular complexity index is 1480. The highest BCUT2D eigenvalue weighted by Gasteiger charge is 2.22. The van der Waals surface area contributed by atoms with Gasteiger partial charge in [0.2, 0.25) is 0 Å². The Balaban J connectivity index is 1.68. The second-order valence-corrected chi connectivity index (χ2v) is 13.6. The van der Waals surface area contributed by atoms with Crippen LogP contribution in [0.3, 0.4) is 0 Å². The highest BCUT2D eigenvalue weighted by atomic mass is 31.2. The molecule has 2 aromatic carbocycles. The summed E-state index contributed by atoms with van der Waals surface area (Å²) in [6.45, 7) is 9.60. The van der Waals surface area contributed by atoms with E-state index in [-0.39, 0.29) is 6.01 Å². The summed E-state index contributed by atoms with van der Waals surface area (Å²) in [6, 6.07) is 14.4. The van der Waals surface area contributed by atoms with Crippen LogP contribution < -0.4 is 15.4 Å². The van der Waals surface area contributed by atoms with Crippen LogP contribution in [0.5, 0.6) is 6.01 Å². The molecule has 4 aromatic rings. The maximum absolute atomic E-state index is 13.6. The average Bonchev–Trinajstić information content (AvgIpc) is 3.32. The first-order valence-electron chi connectivity index (χ1n) is 14.0. The van der Waals surface area contributed by atoms with Gasteiger partial charge < -0.3 is 19.5 Å². The lowest BCUT2D eigenvalue weighted by Gasteiger charge is -2.18. The third kappa shape index (κ3) is 6.98. The highest BCUT2D eigenvalue weighted by molar-refractivity contribution is 7.71. The second kappa shape index (κ2) is 13.2. The van der Waals surface area contributed by atoms with Crippen LogP contribution in [0.4, 0.5) is 11.5 Å². The molecule has 2 heterocycles. The lowest BCUT2D eigenvalue weighted by Crippen LogP contribution is -2.20. The Morgan fingerprint density at radius 2 is 1.68 bits per heavy atom. The van der Waals surface area contributed by atoms with Crippen molar-refractivity contribution in [3.05, 3.63) is 65.5 Å². The number of anilines is 2. The lowest BCUT2D eigenvalue weighted by atomic mass is 10.0. The monoisotopic (exact) mass is 560 g/mol. The van der Waals surface area contributed by atoms with E-state index < -0.39 is 7.14 Å². The molecule has 0 aliphatic rings. The summed E-state index contributed by atoms with van der Waals surface area (Å²) in [7, 11) is 1.62. The van der Waals surface area contributed by atoms with Crippen molar-refractivity contribution in [2.45, 2.75) is 40.5 Å². The van der Waals surface area contributed by atoms with E-state index >= 15 is 0 Å². The molecule has 0 atom stereocenters. The normalized spacial score (nSPS) is 12.1. The molecule has 0 bridgehead atoms. The number of likely N-dealkylation sites (N-methyl/N-ethyl adjacent to an activating group) is 1. The molecule has 0 spiro atoms. The molecule has 2 aromatic heterocycles. The third-order valence-corrected chi connectivity index (χ3v) is 10.5. The maximum atomic E-state index is 13.6. The number of imidazole rings is 1. The predicted octanol–water partition coefficient (Wildman–Crippen LogP) is 6.56. The smallest absolute Gasteiger partial charge is 0.320 e. The summed E-state index contributed by atoms with van der Waals surface area (Å²) in [4.78, 5) is 16.1. The van der Waals surface area contributed by atoms with Crippen molar-refractivity contribution >= 4 is 47.4 Å². The molecule has 0 amide bonds. The Morgan fingerprint density at radius 1 is 1.00 bits per heavy atom. The van der Waals surface area contributed by atoms with Gasteiger partial charge in [0.15, 0.2) is 17.0 Å². The van der Waals surface area contributed by atoms with Gasteiger partial charge in [0.1, 0.15) is 20.1 Å². The first-order valence-corrected chi connectivity index (χ1v) is 16.0. The van der Waals surface area contributed by atoms with Crippen LogP contribution in [-0.2, 0) is 4.57 Å². The lowest BCUT2D eigenvalue weighted by molar-refractivity contribution is 0.246. The van der Waals surface area contributed by atoms with E-state index in [0.29, 0.717) is 23.6 Å². The quantitative estimate of drug-likeness (QED) is 0.185. The van der Waals surface area contributed by atoms with Gasteiger partial charge in [-0.2, -0.15) is 9.97 Å². The number of benzene rings is 2. The molecule has 0 fully saturated rings. The Labute approximate surface area is 237 Å². The largest absolute Gasteiger partial charge is 0.462 e. The van der Waals surface area contributed by atoms with E-state index in [1.807, 2.05) is 54.0 Å². The van der Waals surface area contributed by atoms with E-state index in [0.717, 1.165) is 42.7 Å². The molecule has 9 heteroatoms. The van der Waals surface area contributed by atoms with Gasteiger partial charge in [0.05, 0.1) is 0 Å². The van der Waals surface area contributed by atoms with E-state index in [1.54, 1.807) is 6.33 Å². The first kappa shape index (κ1) is 29.5. The minimum atomic E-state index is -2.38. The van der Waals surface area contributed by atoms with Crippen molar-refractivity contribution < 1.29 is 9.30 Å². The van der Waals surface area contributed by atoms with E-state index in [1.165, 1.54) is 16.7 Å². The molecule has 0 saturated heterocycles. The summed E-state index contributed by atoms with van der Waals surface area (Å²) >= 11 is 0. The molecule has 0 saturated carbocycles. The van der Waals surface area contributed by atoms with Crippen LogP contribution in [0.25, 0.3) is 23.4 Å². The van der Waals surface area contributed by atoms with Gasteiger partial charge in [-0.1, -0.05) is 32.0 Å². The first-order chi connectivity index (χ1) is 19.2. The van der Waals surface area contributed by atoms with Crippen LogP contribution in [-0.4, -0.2) is 64.0 Å². The number of hydrogen-bond acceptors (Lipinski definition) is 7. The van der Waals surface area contributed by atoms with Crippen molar-refractivity contribution in [2.75, 3.05) is 44.9 Å². The Hall–Kier alpha value is -3.48. The zero-order valence-corrected chi connectivity index (χ0v) is 25.4. The Morgan fingerprint density at radius 3 is 2.30 bits per heavy atom. The van der Waals surface area contributed by atoms with Gasteiger partial charge in [-0.3, -0.25) is 4.57 Å². The summed E-state index contributed by atoms with van der Waals surface area (Å²) in [6.07, 6.45) is 9.09. The van der Waals surface area contributed by atoms with Crippen molar-refractivity contribution in [3.8, 4) is 6.01 Å². The highest BCUT2D eigenvalue weighted by Crippen LogP contribution is 2.45. The number of ether oxygens (including phenoxy) is 1. The number of aryl methyl sites for hydroxylation is 2. The molecule has 212 valence electrons. The molecule has 40 heavy (non-hydrogen) atoms. The molecular weight excluding hydrogens is 519 g/mol. The van der Waals surface area contributed by atoms with Crippen molar-refractivity contribution in [2.24, 2.45) is 0 Å². The Kier molecular flexibility index (Phi) is 9.77. The maximum Gasteiger partial charge on any atom is 0.320 e. The summed E-state index contributed by atoms with van der Waals surface area (Å²) in [5.41, 5.74) is 5.70. The minimum Gasteiger partial charge on any atom is -0.462 e. The molecule has 0 aliphatic carbocycles. The van der Waals surface area contributed by atoms with Crippen molar-refractivity contribution in [1.82, 2.24) is 24.4 Å². The van der Waals surface area contributed by atoms with Gasteiger partial charge in [-0.15, -0.1) is 0 Å². The van der Waals surface area contributed by atoms with Gasteiger partial charge in [-0.05, 0) is 87.8 Å². The van der Waals surface area contributed by atoms with Crippen LogP contribution in [0, 0.1) is 13.8 Å². The van der Waals surface area contributed by atoms with Gasteiger partial charge in [0, 0.05) is 36.1 Å². The SMILES string of the molecule is CCCP(=O)(CCC)c1ccc(Nc2nc(OCCN(C)C)nc3c2ncn3/C=C/c2c(C)cccc2C)cc1. The minimum absolute atomic E-state index is 0.283. The second-order valence-electron chi connectivity index (χ2n) is 10.5. The van der Waals surface area contributed by atoms with Crippen LogP contribution in [0.2, 0.25) is 0 Å². The number of rotatable bonds is 13. The molecule has 1 N–H and O–H groups in total. The van der Waals surface area contributed by atoms with Gasteiger partial charge in [-0.25, -0.2) is 4.98 Å². The van der Waals surface area contributed by atoms with Crippen molar-refractivity contribution in [3.63, 3.8) is 0 Å². The van der Waals surface area contributed by atoms with Crippen LogP contribution >= 0.6 is 7.14 Å². The summed E-state index contributed by atoms with van der Waals surface area (Å²) < 4.78 is 21.4. The van der Waals surface area contributed by atoms with E-state index in [9.17, 15) is 4.57 Å². The molecule has 0 unspecified atom stereocenters. The van der Waals surface area contributed by atoms with Crippen LogP contribution in [0.1, 0.15) is 43.4 Å². The molecule has 0 aliphatic heterocycles. The molecule has 8 nitrogen and oxygen atoms in total. The number of aromatic nitrogens is 4. The topological polar surface area (TPSA) is 85.2 Å².